The van der Waals surface area contributed by atoms with Gasteiger partial charge in [-0.3, -0.25) is 13.8 Å². The second-order valence-electron chi connectivity index (χ2n) is 7.41. The number of rotatable bonds is 8. The van der Waals surface area contributed by atoms with E-state index in [2.05, 4.69) is 10.0 Å². The monoisotopic (exact) mass is 541 g/mol. The molecular formula is C22H21Cl2N3O5S2. The summed E-state index contributed by atoms with van der Waals surface area (Å²) in [7, 11) is -7.68. The maximum absolute atomic E-state index is 12.6. The molecule has 0 aliphatic carbocycles. The van der Waals surface area contributed by atoms with Crippen LogP contribution in [0.1, 0.15) is 5.56 Å². The molecule has 3 rings (SSSR count). The first-order chi connectivity index (χ1) is 15.8. The third-order valence-electron chi connectivity index (χ3n) is 4.58. The van der Waals surface area contributed by atoms with E-state index in [1.165, 1.54) is 42.5 Å². The maximum Gasteiger partial charge on any atom is 0.261 e. The molecule has 3 aromatic carbocycles. The minimum atomic E-state index is -3.84. The minimum Gasteiger partial charge on any atom is -0.325 e. The lowest BCUT2D eigenvalue weighted by molar-refractivity contribution is -0.114. The Morgan fingerprint density at radius 2 is 1.59 bits per heavy atom. The molecule has 0 aliphatic heterocycles. The fourth-order valence-electron chi connectivity index (χ4n) is 3.04. The summed E-state index contributed by atoms with van der Waals surface area (Å²) in [6.07, 6.45) is 0.950. The van der Waals surface area contributed by atoms with Crippen molar-refractivity contribution in [3.8, 4) is 0 Å². The lowest BCUT2D eigenvalue weighted by Crippen LogP contribution is -2.37. The zero-order chi connectivity index (χ0) is 25.1. The molecule has 0 saturated carbocycles. The van der Waals surface area contributed by atoms with Crippen molar-refractivity contribution in [2.45, 2.75) is 11.8 Å². The number of hydrogen-bond acceptors (Lipinski definition) is 5. The fraction of sp³-hybridized carbons (Fsp3) is 0.136. The van der Waals surface area contributed by atoms with E-state index in [1.807, 2.05) is 13.0 Å². The van der Waals surface area contributed by atoms with Crippen LogP contribution in [0, 0.1) is 6.92 Å². The van der Waals surface area contributed by atoms with Gasteiger partial charge in [-0.15, -0.1) is 0 Å². The van der Waals surface area contributed by atoms with Gasteiger partial charge in [-0.25, -0.2) is 16.8 Å². The molecule has 0 radical (unpaired) electrons. The van der Waals surface area contributed by atoms with Crippen LogP contribution in [0.5, 0.6) is 0 Å². The molecule has 0 bridgehead atoms. The molecule has 12 heteroatoms. The predicted molar refractivity (Wildman–Crippen MR) is 136 cm³/mol. The number of aryl methyl sites for hydroxylation is 1. The van der Waals surface area contributed by atoms with Crippen molar-refractivity contribution < 1.29 is 21.6 Å². The lowest BCUT2D eigenvalue weighted by atomic mass is 10.2. The van der Waals surface area contributed by atoms with Gasteiger partial charge in [0.05, 0.1) is 21.9 Å². The Bertz CT molecular complexity index is 1430. The highest BCUT2D eigenvalue weighted by atomic mass is 35.5. The first-order valence-corrected chi connectivity index (χ1v) is 13.9. The number of sulfonamides is 2. The Hall–Kier alpha value is -2.79. The van der Waals surface area contributed by atoms with Gasteiger partial charge in [0.2, 0.25) is 15.9 Å². The van der Waals surface area contributed by atoms with Crippen molar-refractivity contribution in [2.75, 3.05) is 27.1 Å². The number of benzene rings is 3. The van der Waals surface area contributed by atoms with Gasteiger partial charge < -0.3 is 5.32 Å². The Balaban J connectivity index is 1.73. The van der Waals surface area contributed by atoms with E-state index in [-0.39, 0.29) is 21.3 Å². The molecule has 1 amide bonds. The molecule has 180 valence electrons. The second-order valence-corrected chi connectivity index (χ2v) is 11.8. The van der Waals surface area contributed by atoms with E-state index in [1.54, 1.807) is 18.2 Å². The van der Waals surface area contributed by atoms with Crippen LogP contribution in [-0.4, -0.2) is 35.5 Å². The number of carbonyl (C=O) groups excluding carboxylic acids is 1. The van der Waals surface area contributed by atoms with E-state index >= 15 is 0 Å². The smallest absolute Gasteiger partial charge is 0.261 e. The van der Waals surface area contributed by atoms with Gasteiger partial charge in [0.15, 0.2) is 0 Å². The van der Waals surface area contributed by atoms with E-state index in [0.29, 0.717) is 10.7 Å². The van der Waals surface area contributed by atoms with Gasteiger partial charge >= 0.3 is 0 Å². The highest BCUT2D eigenvalue weighted by molar-refractivity contribution is 7.92. The summed E-state index contributed by atoms with van der Waals surface area (Å²) in [4.78, 5) is 12.6. The number of nitrogens with one attached hydrogen (secondary N) is 2. The summed E-state index contributed by atoms with van der Waals surface area (Å²) in [5, 5.41) is 2.94. The number of nitrogens with zero attached hydrogens (tertiary/aromatic N) is 1. The standard InChI is InChI=1S/C22H21Cl2N3O5S2/c1-15-4-3-5-18(12-15)26-34(31,32)19-9-7-17(8-10-19)25-22(28)14-27(33(2,29)30)21-11-6-16(23)13-20(21)24/h3-13,26H,14H2,1-2H3,(H,25,28). The van der Waals surface area contributed by atoms with E-state index in [0.717, 1.165) is 16.1 Å². The van der Waals surface area contributed by atoms with Crippen LogP contribution in [0.4, 0.5) is 17.1 Å². The predicted octanol–water partition coefficient (Wildman–Crippen LogP) is 4.51. The zero-order valence-electron chi connectivity index (χ0n) is 18.1. The average molecular weight is 542 g/mol. The molecule has 34 heavy (non-hydrogen) atoms. The molecule has 0 aromatic heterocycles. The van der Waals surface area contributed by atoms with Crippen LogP contribution in [-0.2, 0) is 24.8 Å². The molecule has 2 N–H and O–H groups in total. The summed E-state index contributed by atoms with van der Waals surface area (Å²) in [5.74, 6) is -0.648. The number of carbonyl (C=O) groups is 1. The average Bonchev–Trinajstić information content (AvgIpc) is 2.72. The fourth-order valence-corrected chi connectivity index (χ4v) is 5.51. The zero-order valence-corrected chi connectivity index (χ0v) is 21.3. The lowest BCUT2D eigenvalue weighted by Gasteiger charge is -2.23. The van der Waals surface area contributed by atoms with E-state index < -0.39 is 32.5 Å². The largest absolute Gasteiger partial charge is 0.325 e. The van der Waals surface area contributed by atoms with Gasteiger partial charge in [0.25, 0.3) is 10.0 Å². The Morgan fingerprint density at radius 1 is 0.912 bits per heavy atom. The Kier molecular flexibility index (Phi) is 7.77. The SMILES string of the molecule is Cc1cccc(NS(=O)(=O)c2ccc(NC(=O)CN(c3ccc(Cl)cc3Cl)S(C)(=O)=O)cc2)c1. The summed E-state index contributed by atoms with van der Waals surface area (Å²) in [6, 6.07) is 16.6. The van der Waals surface area contributed by atoms with E-state index in [9.17, 15) is 21.6 Å². The first kappa shape index (κ1) is 25.8. The number of amides is 1. The molecule has 8 nitrogen and oxygen atoms in total. The molecule has 0 fully saturated rings. The first-order valence-electron chi connectivity index (χ1n) is 9.77. The molecular weight excluding hydrogens is 521 g/mol. The number of hydrogen-bond donors (Lipinski definition) is 2. The summed E-state index contributed by atoms with van der Waals surface area (Å²) in [5.41, 5.74) is 1.72. The Labute approximate surface area is 208 Å². The van der Waals surface area contributed by atoms with Crippen molar-refractivity contribution in [1.29, 1.82) is 0 Å². The van der Waals surface area contributed by atoms with Crippen molar-refractivity contribution >= 4 is 66.2 Å². The molecule has 0 unspecified atom stereocenters. The second kappa shape index (κ2) is 10.2. The highest BCUT2D eigenvalue weighted by Gasteiger charge is 2.23. The molecule has 0 atom stereocenters. The van der Waals surface area contributed by atoms with Crippen LogP contribution in [0.3, 0.4) is 0 Å². The van der Waals surface area contributed by atoms with Crippen molar-refractivity contribution in [3.63, 3.8) is 0 Å². The Morgan fingerprint density at radius 3 is 2.18 bits per heavy atom. The van der Waals surface area contributed by atoms with Crippen LogP contribution in [0.2, 0.25) is 10.0 Å². The van der Waals surface area contributed by atoms with Crippen molar-refractivity contribution in [1.82, 2.24) is 0 Å². The minimum absolute atomic E-state index is 0.00212. The topological polar surface area (TPSA) is 113 Å². The van der Waals surface area contributed by atoms with Crippen LogP contribution >= 0.6 is 23.2 Å². The number of anilines is 3. The van der Waals surface area contributed by atoms with Crippen molar-refractivity contribution in [3.05, 3.63) is 82.3 Å². The van der Waals surface area contributed by atoms with Gasteiger partial charge in [0, 0.05) is 16.4 Å². The molecule has 3 aromatic rings. The van der Waals surface area contributed by atoms with E-state index in [4.69, 9.17) is 23.2 Å². The molecule has 0 saturated heterocycles. The normalized spacial score (nSPS) is 11.6. The molecule has 0 heterocycles. The summed E-state index contributed by atoms with van der Waals surface area (Å²) >= 11 is 12.0. The van der Waals surface area contributed by atoms with Crippen LogP contribution in [0.25, 0.3) is 0 Å². The maximum atomic E-state index is 12.6. The van der Waals surface area contributed by atoms with Gasteiger partial charge in [0.1, 0.15) is 6.54 Å². The van der Waals surface area contributed by atoms with Gasteiger partial charge in [-0.1, -0.05) is 35.3 Å². The highest BCUT2D eigenvalue weighted by Crippen LogP contribution is 2.30. The third kappa shape index (κ3) is 6.63. The van der Waals surface area contributed by atoms with Gasteiger partial charge in [-0.05, 0) is 67.1 Å². The van der Waals surface area contributed by atoms with Gasteiger partial charge in [-0.2, -0.15) is 0 Å². The third-order valence-corrected chi connectivity index (χ3v) is 7.65. The summed E-state index contributed by atoms with van der Waals surface area (Å²) in [6.45, 7) is 1.30. The summed E-state index contributed by atoms with van der Waals surface area (Å²) < 4.78 is 53.1. The van der Waals surface area contributed by atoms with Crippen LogP contribution in [0.15, 0.2) is 71.6 Å². The van der Waals surface area contributed by atoms with Crippen molar-refractivity contribution in [2.24, 2.45) is 0 Å². The molecule has 0 aliphatic rings. The quantitative estimate of drug-likeness (QED) is 0.435. The number of halogens is 2. The van der Waals surface area contributed by atoms with Crippen LogP contribution < -0.4 is 14.3 Å². The molecule has 0 spiro atoms.